The quantitative estimate of drug-likeness (QED) is 0.151. The first-order valence-corrected chi connectivity index (χ1v) is 32.7. The zero-order chi connectivity index (χ0) is 64.2. The fourth-order valence-electron chi connectivity index (χ4n) is 15.3. The Kier molecular flexibility index (Phi) is 18.7. The van der Waals surface area contributed by atoms with Gasteiger partial charge in [0.25, 0.3) is 0 Å². The van der Waals surface area contributed by atoms with Crippen LogP contribution in [0.15, 0.2) is 170 Å². The van der Waals surface area contributed by atoms with E-state index in [-0.39, 0.29) is 12.3 Å². The highest BCUT2D eigenvalue weighted by molar-refractivity contribution is 5.88. The minimum atomic E-state index is 0.254. The smallest absolute Gasteiger partial charge is 0.104 e. The number of anilines is 12. The van der Waals surface area contributed by atoms with Crippen molar-refractivity contribution in [3.8, 4) is 24.3 Å². The van der Waals surface area contributed by atoms with Crippen LogP contribution in [-0.4, -0.2) is 49.8 Å². The Balaban J connectivity index is 0.000000125. The fraction of sp³-hybridized carbons (Fsp3) is 0.342. The molecule has 0 radical (unpaired) electrons. The van der Waals surface area contributed by atoms with Crippen LogP contribution in [-0.2, 0) is 0 Å². The molecule has 0 amide bonds. The number of para-hydroxylation sites is 8. The highest BCUT2D eigenvalue weighted by Gasteiger charge is 2.41. The van der Waals surface area contributed by atoms with E-state index in [2.05, 4.69) is 255 Å². The Morgan fingerprint density at radius 1 is 0.330 bits per heavy atom. The van der Waals surface area contributed by atoms with E-state index in [9.17, 15) is 0 Å². The van der Waals surface area contributed by atoms with Gasteiger partial charge in [0.1, 0.15) is 24.7 Å². The number of aryl methyl sites for hydroxylation is 4. The van der Waals surface area contributed by atoms with Crippen LogP contribution in [0.3, 0.4) is 0 Å². The molecular weight excluding hydrogens is 1120 g/mol. The van der Waals surface area contributed by atoms with E-state index in [1.54, 1.807) is 0 Å². The second kappa shape index (κ2) is 27.1. The second-order valence-corrected chi connectivity index (χ2v) is 25.6. The number of nitriles is 4. The number of rotatable bonds is 7. The molecular formula is C79H86N12. The lowest BCUT2D eigenvalue weighted by Gasteiger charge is -2.38. The van der Waals surface area contributed by atoms with Crippen LogP contribution in [0.5, 0.6) is 0 Å². The van der Waals surface area contributed by atoms with Gasteiger partial charge in [-0.15, -0.1) is 0 Å². The van der Waals surface area contributed by atoms with Gasteiger partial charge in [0.15, 0.2) is 0 Å². The number of nitrogens with zero attached hydrogens (tertiary/aromatic N) is 12. The molecule has 12 heteroatoms. The maximum atomic E-state index is 9.17. The van der Waals surface area contributed by atoms with Crippen LogP contribution in [0.2, 0.25) is 0 Å². The lowest BCUT2D eigenvalue weighted by atomic mass is 9.93. The van der Waals surface area contributed by atoms with Crippen molar-refractivity contribution < 1.29 is 0 Å². The molecule has 0 bridgehead atoms. The van der Waals surface area contributed by atoms with Gasteiger partial charge in [0, 0.05) is 47.9 Å². The van der Waals surface area contributed by atoms with Crippen LogP contribution in [0.4, 0.5) is 68.2 Å². The molecule has 462 valence electrons. The summed E-state index contributed by atoms with van der Waals surface area (Å²) in [6.45, 7) is 21.8. The average Bonchev–Trinajstić information content (AvgIpc) is 1.64. The highest BCUT2D eigenvalue weighted by Crippen LogP contribution is 2.51. The average molecular weight is 1200 g/mol. The van der Waals surface area contributed by atoms with Crippen molar-refractivity contribution in [1.29, 1.82) is 21.0 Å². The van der Waals surface area contributed by atoms with Gasteiger partial charge in [0.2, 0.25) is 0 Å². The first-order valence-electron chi connectivity index (χ1n) is 32.7. The number of hydrogen-bond donors (Lipinski definition) is 0. The van der Waals surface area contributed by atoms with E-state index in [1.807, 2.05) is 54.6 Å². The Morgan fingerprint density at radius 2 is 0.604 bits per heavy atom. The topological polar surface area (TPSA) is 121 Å². The summed E-state index contributed by atoms with van der Waals surface area (Å²) in [6.07, 6.45) is 13.0. The van der Waals surface area contributed by atoms with Gasteiger partial charge in [-0.1, -0.05) is 80.6 Å². The number of hydrogen-bond acceptors (Lipinski definition) is 12. The fourth-order valence-corrected chi connectivity index (χ4v) is 15.3. The maximum absolute atomic E-state index is 9.17. The van der Waals surface area contributed by atoms with Crippen molar-refractivity contribution in [2.24, 2.45) is 0 Å². The molecule has 0 unspecified atom stereocenters. The Morgan fingerprint density at radius 3 is 0.934 bits per heavy atom. The minimum absolute atomic E-state index is 0.254. The van der Waals surface area contributed by atoms with Gasteiger partial charge in [-0.05, 0) is 239 Å². The maximum Gasteiger partial charge on any atom is 0.104 e. The first kappa shape index (κ1) is 62.7. The molecule has 14 rings (SSSR count). The third-order valence-corrected chi connectivity index (χ3v) is 19.6. The summed E-state index contributed by atoms with van der Waals surface area (Å²) in [5, 5.41) is 36.4. The van der Waals surface area contributed by atoms with E-state index >= 15 is 0 Å². The standard InChI is InChI=1S/C22H25N3.C21H23N3.C19H21N3.C17H17N3/c1-16-14-18(15-23)12-13-20(16)25-17(2)24(19-8-4-3-5-9-19)21-10-6-7-11-22(21)25;1-15-13-17(14-22)11-12-19(15)24-16(2)23(18-7-3-4-8-18)20-9-5-6-10-21(20)24;1-13(2)21-15(4)22(19-8-6-5-7-18(19)21)17-10-9-16(12-20)11-14(17)3;1-12-10-14(11-18)8-9-15(12)20-13(2)19(3)16-6-4-5-7-17(16)20/h6-7,10-14,17,19H,3-5,8-9H2,1-2H3;5-6,9-13,16,18H,3-4,7-8H2,1-2H3;5-11,13,15H,1-4H3;4-10,13H,1-3H3/t17-;16-;15-;13-/m1111/s1. The zero-order valence-corrected chi connectivity index (χ0v) is 54.9. The Hall–Kier alpha value is -9.88. The van der Waals surface area contributed by atoms with Crippen LogP contribution >= 0.6 is 0 Å². The van der Waals surface area contributed by atoms with Crippen molar-refractivity contribution in [3.63, 3.8) is 0 Å². The molecule has 0 aromatic heterocycles. The SMILES string of the molecule is Cc1cc(C#N)ccc1N1c2ccccc2N(C(C)C)[C@H]1C.Cc1cc(C#N)ccc1N1c2ccccc2N(C)[C@H]1C.Cc1cc(C#N)ccc1N1c2ccccc2N(C2CCCC2)[C@H]1C.Cc1cc(C#N)ccc1N1c2ccccc2N(C2CCCCC2)[C@H]1C. The number of fused-ring (bicyclic) bond motifs is 4. The lowest BCUT2D eigenvalue weighted by molar-refractivity contribution is 0.400. The normalized spacial score (nSPS) is 18.8. The summed E-state index contributed by atoms with van der Waals surface area (Å²) < 4.78 is 0. The third kappa shape index (κ3) is 12.1. The largest absolute Gasteiger partial charge is 0.353 e. The van der Waals surface area contributed by atoms with Gasteiger partial charge >= 0.3 is 0 Å². The Bertz CT molecular complexity index is 4110. The van der Waals surface area contributed by atoms with Crippen molar-refractivity contribution in [2.45, 2.75) is 170 Å². The van der Waals surface area contributed by atoms with Crippen LogP contribution in [0, 0.1) is 73.0 Å². The summed E-state index contributed by atoms with van der Waals surface area (Å²) in [6, 6.07) is 68.9. The van der Waals surface area contributed by atoms with Gasteiger partial charge in [-0.3, -0.25) is 0 Å². The molecule has 4 heterocycles. The van der Waals surface area contributed by atoms with Crippen molar-refractivity contribution in [2.75, 3.05) is 46.2 Å². The van der Waals surface area contributed by atoms with Crippen molar-refractivity contribution in [3.05, 3.63) is 214 Å². The summed E-state index contributed by atoms with van der Waals surface area (Å²) >= 11 is 0. The molecule has 2 fully saturated rings. The first-order chi connectivity index (χ1) is 44.1. The molecule has 2 saturated carbocycles. The lowest BCUT2D eigenvalue weighted by Crippen LogP contribution is -2.45. The molecule has 0 spiro atoms. The molecule has 0 N–H and O–H groups in total. The van der Waals surface area contributed by atoms with E-state index in [0.29, 0.717) is 41.6 Å². The molecule has 0 saturated heterocycles. The molecule has 2 aliphatic carbocycles. The van der Waals surface area contributed by atoms with E-state index in [0.717, 1.165) is 39.1 Å². The van der Waals surface area contributed by atoms with Gasteiger partial charge in [-0.25, -0.2) is 0 Å². The monoisotopic (exact) mass is 1200 g/mol. The highest BCUT2D eigenvalue weighted by atomic mass is 15.4. The van der Waals surface area contributed by atoms with Gasteiger partial charge in [0.05, 0.1) is 92.0 Å². The predicted molar refractivity (Wildman–Crippen MR) is 376 cm³/mol. The number of benzene rings is 8. The van der Waals surface area contributed by atoms with Crippen molar-refractivity contribution in [1.82, 2.24) is 0 Å². The third-order valence-electron chi connectivity index (χ3n) is 19.6. The summed E-state index contributed by atoms with van der Waals surface area (Å²) in [5.41, 5.74) is 22.4. The van der Waals surface area contributed by atoms with Crippen LogP contribution < -0.4 is 39.2 Å². The van der Waals surface area contributed by atoms with Crippen LogP contribution in [0.25, 0.3) is 0 Å². The molecule has 4 atom stereocenters. The van der Waals surface area contributed by atoms with E-state index in [4.69, 9.17) is 21.0 Å². The minimum Gasteiger partial charge on any atom is -0.353 e. The molecule has 91 heavy (non-hydrogen) atoms. The van der Waals surface area contributed by atoms with Crippen LogP contribution in [0.1, 0.15) is 144 Å². The molecule has 6 aliphatic rings. The summed E-state index contributed by atoms with van der Waals surface area (Å²) in [4.78, 5) is 19.5. The van der Waals surface area contributed by atoms with Crippen molar-refractivity contribution >= 4 is 68.2 Å². The molecule has 8 aromatic rings. The summed E-state index contributed by atoms with van der Waals surface area (Å²) in [7, 11) is 2.11. The van der Waals surface area contributed by atoms with Gasteiger partial charge < -0.3 is 39.2 Å². The predicted octanol–water partition coefficient (Wildman–Crippen LogP) is 19.0. The molecule has 8 aromatic carbocycles. The van der Waals surface area contributed by atoms with E-state index in [1.165, 1.54) is 120 Å². The van der Waals surface area contributed by atoms with E-state index < -0.39 is 0 Å². The summed E-state index contributed by atoms with van der Waals surface area (Å²) in [5.74, 6) is 0. The molecule has 12 nitrogen and oxygen atoms in total. The Labute approximate surface area is 541 Å². The molecule has 4 aliphatic heterocycles. The second-order valence-electron chi connectivity index (χ2n) is 25.6. The van der Waals surface area contributed by atoms with Gasteiger partial charge in [-0.2, -0.15) is 21.0 Å². The zero-order valence-electron chi connectivity index (χ0n) is 54.9.